The first-order valence-corrected chi connectivity index (χ1v) is 10.7. The highest BCUT2D eigenvalue weighted by Crippen LogP contribution is 2.36. The Bertz CT molecular complexity index is 1090. The molecule has 1 aromatic heterocycles. The van der Waals surface area contributed by atoms with Gasteiger partial charge in [0.25, 0.3) is 5.91 Å². The van der Waals surface area contributed by atoms with E-state index < -0.39 is 15.1 Å². The minimum atomic E-state index is -3.23. The topological polar surface area (TPSA) is 90.6 Å². The Morgan fingerprint density at radius 2 is 1.96 bits per heavy atom. The van der Waals surface area contributed by atoms with Gasteiger partial charge in [0.15, 0.2) is 9.84 Å². The third-order valence-corrected chi connectivity index (χ3v) is 8.07. The molecule has 2 aliphatic rings. The largest absolute Gasteiger partial charge is 0.337 e. The molecular weight excluding hydrogens is 366 g/mol. The number of H-pyrrole nitrogens is 1. The van der Waals surface area contributed by atoms with Gasteiger partial charge in [0.2, 0.25) is 5.56 Å². The first kappa shape index (κ1) is 18.2. The van der Waals surface area contributed by atoms with Crippen LogP contribution in [-0.4, -0.2) is 73.3 Å². The van der Waals surface area contributed by atoms with E-state index in [-0.39, 0.29) is 35.7 Å². The lowest BCUT2D eigenvalue weighted by atomic mass is 10.00. The molecule has 144 valence electrons. The normalized spacial score (nSPS) is 26.7. The molecule has 0 radical (unpaired) electrons. The van der Waals surface area contributed by atoms with Crippen molar-refractivity contribution in [3.05, 3.63) is 45.7 Å². The van der Waals surface area contributed by atoms with E-state index in [0.29, 0.717) is 23.0 Å². The van der Waals surface area contributed by atoms with Crippen LogP contribution >= 0.6 is 0 Å². The van der Waals surface area contributed by atoms with E-state index in [1.165, 1.54) is 6.07 Å². The van der Waals surface area contributed by atoms with E-state index in [2.05, 4.69) is 4.98 Å². The van der Waals surface area contributed by atoms with Crippen LogP contribution < -0.4 is 5.56 Å². The fourth-order valence-corrected chi connectivity index (χ4v) is 6.92. The molecule has 3 heterocycles. The molecule has 0 unspecified atom stereocenters. The van der Waals surface area contributed by atoms with Crippen LogP contribution in [0, 0.1) is 12.8 Å². The number of hydrogen-bond donors (Lipinski definition) is 1. The standard InChI is InChI=1S/C19H23N3O4S/c1-11-4-5-15-12(6-11)13(7-18(23)20-15)19(24)22-8-14-16(21(2)3)10-27(25,26)17(14)9-22/h4-7,14,16-17H,8-10H2,1-3H3,(H,20,23)/t14-,16+,17-/m0/s1. The molecule has 1 amide bonds. The summed E-state index contributed by atoms with van der Waals surface area (Å²) in [4.78, 5) is 31.5. The second kappa shape index (κ2) is 6.17. The van der Waals surface area contributed by atoms with Crippen LogP contribution in [-0.2, 0) is 9.84 Å². The predicted molar refractivity (Wildman–Crippen MR) is 104 cm³/mol. The van der Waals surface area contributed by atoms with E-state index in [1.54, 1.807) is 11.0 Å². The number of aryl methyl sites for hydroxylation is 1. The molecule has 2 aliphatic heterocycles. The van der Waals surface area contributed by atoms with E-state index in [0.717, 1.165) is 5.56 Å². The molecule has 2 saturated heterocycles. The fourth-order valence-electron chi connectivity index (χ4n) is 4.45. The first-order valence-electron chi connectivity index (χ1n) is 8.98. The van der Waals surface area contributed by atoms with Crippen molar-refractivity contribution < 1.29 is 13.2 Å². The Hall–Kier alpha value is -2.19. The Balaban J connectivity index is 1.72. The summed E-state index contributed by atoms with van der Waals surface area (Å²) in [5.74, 6) is -0.229. The first-order chi connectivity index (χ1) is 12.7. The number of nitrogens with zero attached hydrogens (tertiary/aromatic N) is 2. The number of fused-ring (bicyclic) bond motifs is 2. The summed E-state index contributed by atoms with van der Waals surface area (Å²) >= 11 is 0. The van der Waals surface area contributed by atoms with Crippen LogP contribution in [0.1, 0.15) is 15.9 Å². The summed E-state index contributed by atoms with van der Waals surface area (Å²) in [5, 5.41) is 0.160. The van der Waals surface area contributed by atoms with E-state index in [4.69, 9.17) is 0 Å². The van der Waals surface area contributed by atoms with Gasteiger partial charge < -0.3 is 14.8 Å². The molecule has 27 heavy (non-hydrogen) atoms. The minimum Gasteiger partial charge on any atom is -0.337 e. The van der Waals surface area contributed by atoms with E-state index in [9.17, 15) is 18.0 Å². The molecule has 2 aromatic rings. The van der Waals surface area contributed by atoms with Gasteiger partial charge in [-0.05, 0) is 33.2 Å². The molecule has 2 fully saturated rings. The summed E-state index contributed by atoms with van der Waals surface area (Å²) < 4.78 is 25.1. The SMILES string of the molecule is Cc1ccc2[nH]c(=O)cc(C(=O)N3C[C@H]4[C@H](N(C)C)CS(=O)(=O)[C@H]4C3)c2c1. The number of carbonyl (C=O) groups is 1. The average molecular weight is 389 g/mol. The monoisotopic (exact) mass is 389 g/mol. The van der Waals surface area contributed by atoms with Gasteiger partial charge in [0.05, 0.1) is 16.6 Å². The maximum atomic E-state index is 13.2. The molecule has 3 atom stereocenters. The number of rotatable bonds is 2. The third kappa shape index (κ3) is 2.96. The Morgan fingerprint density at radius 3 is 2.67 bits per heavy atom. The Labute approximate surface area is 157 Å². The van der Waals surface area contributed by atoms with Crippen LogP contribution in [0.2, 0.25) is 0 Å². The zero-order valence-electron chi connectivity index (χ0n) is 15.6. The van der Waals surface area contributed by atoms with Crippen molar-refractivity contribution >= 4 is 26.6 Å². The number of likely N-dealkylation sites (tertiary alicyclic amines) is 1. The maximum Gasteiger partial charge on any atom is 0.254 e. The number of aromatic nitrogens is 1. The van der Waals surface area contributed by atoms with E-state index in [1.807, 2.05) is 38.1 Å². The lowest BCUT2D eigenvalue weighted by Gasteiger charge is -2.25. The van der Waals surface area contributed by atoms with Crippen molar-refractivity contribution in [3.63, 3.8) is 0 Å². The van der Waals surface area contributed by atoms with Crippen molar-refractivity contribution in [2.75, 3.05) is 32.9 Å². The second-order valence-corrected chi connectivity index (χ2v) is 10.1. The zero-order chi connectivity index (χ0) is 19.5. The van der Waals surface area contributed by atoms with E-state index >= 15 is 0 Å². The molecular formula is C19H23N3O4S. The molecule has 4 rings (SSSR count). The van der Waals surface area contributed by atoms with Crippen LogP contribution in [0.5, 0.6) is 0 Å². The molecule has 7 nitrogen and oxygen atoms in total. The van der Waals surface area contributed by atoms with Crippen LogP contribution in [0.25, 0.3) is 10.9 Å². The highest BCUT2D eigenvalue weighted by atomic mass is 32.2. The van der Waals surface area contributed by atoms with Crippen molar-refractivity contribution in [1.29, 1.82) is 0 Å². The fraction of sp³-hybridized carbons (Fsp3) is 0.474. The number of carbonyl (C=O) groups excluding carboxylic acids is 1. The minimum absolute atomic E-state index is 0.0871. The molecule has 0 spiro atoms. The summed E-state index contributed by atoms with van der Waals surface area (Å²) in [6.45, 7) is 2.51. The van der Waals surface area contributed by atoms with Gasteiger partial charge in [-0.25, -0.2) is 8.42 Å². The quantitative estimate of drug-likeness (QED) is 0.814. The summed E-state index contributed by atoms with van der Waals surface area (Å²) in [7, 11) is 0.523. The lowest BCUT2D eigenvalue weighted by Crippen LogP contribution is -2.38. The van der Waals surface area contributed by atoms with Crippen molar-refractivity contribution in [1.82, 2.24) is 14.8 Å². The number of nitrogens with one attached hydrogen (secondary N) is 1. The highest BCUT2D eigenvalue weighted by Gasteiger charge is 2.53. The van der Waals surface area contributed by atoms with Gasteiger partial charge in [0.1, 0.15) is 0 Å². The number of pyridine rings is 1. The number of sulfone groups is 1. The van der Waals surface area contributed by atoms with Crippen molar-refractivity contribution in [2.24, 2.45) is 5.92 Å². The van der Waals surface area contributed by atoms with Crippen molar-refractivity contribution in [2.45, 2.75) is 18.2 Å². The maximum absolute atomic E-state index is 13.2. The summed E-state index contributed by atoms with van der Waals surface area (Å²) in [6, 6.07) is 6.76. The van der Waals surface area contributed by atoms with Gasteiger partial charge in [-0.3, -0.25) is 9.59 Å². The van der Waals surface area contributed by atoms with Gasteiger partial charge in [0, 0.05) is 42.0 Å². The van der Waals surface area contributed by atoms with Gasteiger partial charge in [-0.1, -0.05) is 11.6 Å². The highest BCUT2D eigenvalue weighted by molar-refractivity contribution is 7.92. The summed E-state index contributed by atoms with van der Waals surface area (Å²) in [6.07, 6.45) is 0. The van der Waals surface area contributed by atoms with Gasteiger partial charge in [-0.15, -0.1) is 0 Å². The van der Waals surface area contributed by atoms with Crippen LogP contribution in [0.3, 0.4) is 0 Å². The Morgan fingerprint density at radius 1 is 1.22 bits per heavy atom. The lowest BCUT2D eigenvalue weighted by molar-refractivity contribution is 0.0781. The van der Waals surface area contributed by atoms with Gasteiger partial charge in [-0.2, -0.15) is 0 Å². The number of amides is 1. The molecule has 0 saturated carbocycles. The van der Waals surface area contributed by atoms with Crippen LogP contribution in [0.4, 0.5) is 0 Å². The van der Waals surface area contributed by atoms with Gasteiger partial charge >= 0.3 is 0 Å². The average Bonchev–Trinajstić information content (AvgIpc) is 3.13. The molecule has 8 heteroatoms. The number of benzene rings is 1. The second-order valence-electron chi connectivity index (χ2n) is 7.87. The predicted octanol–water partition coefficient (Wildman–Crippen LogP) is 0.636. The van der Waals surface area contributed by atoms with Crippen molar-refractivity contribution in [3.8, 4) is 0 Å². The number of hydrogen-bond acceptors (Lipinski definition) is 5. The Kier molecular flexibility index (Phi) is 4.16. The van der Waals surface area contributed by atoms with Crippen LogP contribution in [0.15, 0.2) is 29.1 Å². The summed E-state index contributed by atoms with van der Waals surface area (Å²) in [5.41, 5.74) is 1.58. The smallest absolute Gasteiger partial charge is 0.254 e. The molecule has 1 aromatic carbocycles. The zero-order valence-corrected chi connectivity index (χ0v) is 16.4. The third-order valence-electron chi connectivity index (χ3n) is 5.85. The molecule has 0 aliphatic carbocycles. The molecule has 1 N–H and O–H groups in total. The number of aromatic amines is 1. The molecule has 0 bridgehead atoms.